The van der Waals surface area contributed by atoms with Crippen LogP contribution in [0.5, 0.6) is 6.01 Å². The minimum absolute atomic E-state index is 0.0613. The van der Waals surface area contributed by atoms with Crippen LogP contribution in [0.2, 0.25) is 0 Å². The molecule has 1 unspecified atom stereocenters. The van der Waals surface area contributed by atoms with Crippen LogP contribution in [0.15, 0.2) is 42.6 Å². The molecule has 7 heterocycles. The number of carbonyl (C=O) groups is 2. The number of likely N-dealkylation sites (tertiary alicyclic amines) is 2. The zero-order valence-corrected chi connectivity index (χ0v) is 40.2. The molecule has 3 amide bonds. The molecular formula is C53H61F3N10O4. The molecular weight excluding hydrogens is 898 g/mol. The van der Waals surface area contributed by atoms with E-state index in [0.29, 0.717) is 76.5 Å². The Morgan fingerprint density at radius 1 is 0.914 bits per heavy atom. The van der Waals surface area contributed by atoms with Gasteiger partial charge in [-0.3, -0.25) is 29.6 Å². The third-order valence-electron chi connectivity index (χ3n) is 15.9. The van der Waals surface area contributed by atoms with Gasteiger partial charge in [0.25, 0.3) is 0 Å². The van der Waals surface area contributed by atoms with Crippen LogP contribution >= 0.6 is 0 Å². The fourth-order valence-corrected chi connectivity index (χ4v) is 12.0. The molecule has 3 aromatic carbocycles. The lowest BCUT2D eigenvalue weighted by Gasteiger charge is -2.36. The molecule has 5 aliphatic rings. The van der Waals surface area contributed by atoms with Crippen molar-refractivity contribution in [3.05, 3.63) is 76.7 Å². The second kappa shape index (κ2) is 18.7. The lowest BCUT2D eigenvalue weighted by atomic mass is 9.88. The van der Waals surface area contributed by atoms with Crippen LogP contribution in [0.25, 0.3) is 43.8 Å². The van der Waals surface area contributed by atoms with Crippen molar-refractivity contribution in [3.8, 4) is 17.3 Å². The number of urea groups is 1. The first-order chi connectivity index (χ1) is 33.9. The number of piperidine rings is 2. The summed E-state index contributed by atoms with van der Waals surface area (Å²) in [6.45, 7) is 10.5. The summed E-state index contributed by atoms with van der Waals surface area (Å²) in [4.78, 5) is 47.5. The summed E-state index contributed by atoms with van der Waals surface area (Å²) in [5.74, 6) is -0.305. The number of nitrogens with one attached hydrogen (secondary N) is 1. The van der Waals surface area contributed by atoms with Gasteiger partial charge in [0.15, 0.2) is 11.6 Å². The summed E-state index contributed by atoms with van der Waals surface area (Å²) in [6.07, 6.45) is 9.57. The van der Waals surface area contributed by atoms with Crippen molar-refractivity contribution in [2.24, 2.45) is 18.4 Å². The van der Waals surface area contributed by atoms with Crippen molar-refractivity contribution in [1.82, 2.24) is 39.8 Å². The largest absolute Gasteiger partial charge is 0.463 e. The number of amides is 3. The minimum atomic E-state index is -0.597. The van der Waals surface area contributed by atoms with E-state index in [9.17, 15) is 14.7 Å². The van der Waals surface area contributed by atoms with Crippen LogP contribution in [0.3, 0.4) is 0 Å². The Bertz CT molecular complexity index is 3020. The zero-order valence-electron chi connectivity index (χ0n) is 40.2. The Kier molecular flexibility index (Phi) is 12.4. The number of benzene rings is 3. The molecule has 6 aromatic rings. The summed E-state index contributed by atoms with van der Waals surface area (Å²) in [5, 5.41) is 19.2. The van der Waals surface area contributed by atoms with E-state index in [1.54, 1.807) is 24.0 Å². The number of nitrogens with zero attached hydrogens (tertiary/aromatic N) is 9. The maximum atomic E-state index is 17.3. The average molecular weight is 959 g/mol. The first kappa shape index (κ1) is 46.5. The Balaban J connectivity index is 0.780. The SMILES string of the molecule is CCc1c(F)ccc2cc(C)cc(-c3ncc4c(N5CCC[C@H](CCO)C5)nc(OCC5(CN6CCC(N7CCC(c8cc9c(cc8F)c(N8CCC(=O)NC8=O)nn9C)CC7)C6)CC5)nc4c3F)c12. The molecule has 11 rings (SSSR count). The number of fused-ring (bicyclic) bond motifs is 3. The molecule has 2 atom stereocenters. The zero-order chi connectivity index (χ0) is 48.4. The van der Waals surface area contributed by atoms with Gasteiger partial charge in [0.2, 0.25) is 5.91 Å². The molecule has 3 aromatic heterocycles. The fraction of sp³-hybridized carbons (Fsp3) is 0.509. The van der Waals surface area contributed by atoms with E-state index in [1.807, 2.05) is 32.0 Å². The number of halogens is 3. The Morgan fingerprint density at radius 3 is 2.51 bits per heavy atom. The van der Waals surface area contributed by atoms with Crippen LogP contribution in [0.1, 0.15) is 87.3 Å². The predicted octanol–water partition coefficient (Wildman–Crippen LogP) is 8.18. The highest BCUT2D eigenvalue weighted by molar-refractivity contribution is 6.09. The van der Waals surface area contributed by atoms with Crippen molar-refractivity contribution >= 4 is 56.2 Å². The van der Waals surface area contributed by atoms with Crippen molar-refractivity contribution < 1.29 is 32.6 Å². The van der Waals surface area contributed by atoms with Gasteiger partial charge in [-0.25, -0.2) is 18.0 Å². The summed E-state index contributed by atoms with van der Waals surface area (Å²) in [7, 11) is 1.79. The van der Waals surface area contributed by atoms with E-state index < -0.39 is 11.8 Å². The summed E-state index contributed by atoms with van der Waals surface area (Å²) < 4.78 is 56.7. The highest BCUT2D eigenvalue weighted by Gasteiger charge is 2.47. The Morgan fingerprint density at radius 2 is 1.74 bits per heavy atom. The molecule has 0 bridgehead atoms. The van der Waals surface area contributed by atoms with Crippen molar-refractivity contribution in [3.63, 3.8) is 0 Å². The second-order valence-electron chi connectivity index (χ2n) is 20.6. The Labute approximate surface area is 405 Å². The molecule has 14 nitrogen and oxygen atoms in total. The quantitative estimate of drug-likeness (QED) is 0.116. The van der Waals surface area contributed by atoms with E-state index in [4.69, 9.17) is 19.7 Å². The van der Waals surface area contributed by atoms with Gasteiger partial charge in [0.1, 0.15) is 28.7 Å². The number of aromatic nitrogens is 5. The number of hydrogen-bond donors (Lipinski definition) is 2. The van der Waals surface area contributed by atoms with E-state index in [2.05, 4.69) is 25.1 Å². The van der Waals surface area contributed by atoms with Crippen LogP contribution in [-0.4, -0.2) is 123 Å². The number of aliphatic hydroxyl groups excluding tert-OH is 1. The molecule has 368 valence electrons. The lowest BCUT2D eigenvalue weighted by Crippen LogP contribution is -2.49. The third kappa shape index (κ3) is 8.71. The van der Waals surface area contributed by atoms with E-state index in [-0.39, 0.29) is 71.6 Å². The van der Waals surface area contributed by atoms with Gasteiger partial charge in [-0.05, 0) is 148 Å². The van der Waals surface area contributed by atoms with Gasteiger partial charge in [-0.15, -0.1) is 0 Å². The van der Waals surface area contributed by atoms with E-state index in [1.165, 1.54) is 17.0 Å². The smallest absolute Gasteiger partial charge is 0.329 e. The predicted molar refractivity (Wildman–Crippen MR) is 263 cm³/mol. The number of ether oxygens (including phenoxy) is 1. The number of aliphatic hydroxyl groups is 1. The van der Waals surface area contributed by atoms with E-state index in [0.717, 1.165) is 101 Å². The van der Waals surface area contributed by atoms with Crippen molar-refractivity contribution in [1.29, 1.82) is 0 Å². The molecule has 0 spiro atoms. The summed E-state index contributed by atoms with van der Waals surface area (Å²) >= 11 is 0. The van der Waals surface area contributed by atoms with Gasteiger partial charge >= 0.3 is 12.0 Å². The molecule has 70 heavy (non-hydrogen) atoms. The molecule has 17 heteroatoms. The highest BCUT2D eigenvalue weighted by Crippen LogP contribution is 2.48. The van der Waals surface area contributed by atoms with Crippen LogP contribution in [-0.2, 0) is 18.3 Å². The third-order valence-corrected chi connectivity index (χ3v) is 15.9. The molecule has 1 saturated carbocycles. The number of imide groups is 1. The summed E-state index contributed by atoms with van der Waals surface area (Å²) in [6, 6.07) is 10.4. The number of carbonyl (C=O) groups excluding carboxylic acids is 2. The van der Waals surface area contributed by atoms with Crippen LogP contribution < -0.4 is 19.9 Å². The van der Waals surface area contributed by atoms with Gasteiger partial charge < -0.3 is 19.6 Å². The molecule has 0 radical (unpaired) electrons. The van der Waals surface area contributed by atoms with Gasteiger partial charge in [-0.1, -0.05) is 19.1 Å². The summed E-state index contributed by atoms with van der Waals surface area (Å²) in [5.41, 5.74) is 3.54. The molecule has 4 aliphatic heterocycles. The molecule has 1 aliphatic carbocycles. The van der Waals surface area contributed by atoms with Gasteiger partial charge in [-0.2, -0.15) is 15.1 Å². The maximum absolute atomic E-state index is 17.3. The molecule has 2 N–H and O–H groups in total. The Hall–Kier alpha value is -5.91. The average Bonchev–Trinajstić information content (AvgIpc) is 3.83. The van der Waals surface area contributed by atoms with Crippen molar-refractivity contribution in [2.75, 3.05) is 75.4 Å². The first-order valence-corrected chi connectivity index (χ1v) is 25.2. The molecule has 5 fully saturated rings. The number of anilines is 2. The first-order valence-electron chi connectivity index (χ1n) is 25.2. The standard InChI is InChI=1S/C53H61F3N10O4/c1-4-36-41(54)8-7-34-22-31(2)23-39(45(34)36)47-46(56)48-40(26-57-47)49(65-16-5-6-32(27-65)13-21-67)60-51(59-48)70-30-53(14-15-53)29-63-17-11-35(28-63)64-18-9-33(10-19-64)37-25-43-38(24-42(37)55)50(61-62(43)3)66-20-12-44(68)58-52(66)69/h7-8,22-26,32-33,35,67H,4-6,9-21,27-30H2,1-3H3,(H,58,68,69)/t32-,35?/m1/s1. The normalized spacial score (nSPS) is 21.4. The minimum Gasteiger partial charge on any atom is -0.463 e. The second-order valence-corrected chi connectivity index (χ2v) is 20.6. The van der Waals surface area contributed by atoms with Crippen LogP contribution in [0, 0.1) is 35.7 Å². The monoisotopic (exact) mass is 958 g/mol. The van der Waals surface area contributed by atoms with Crippen LogP contribution in [0.4, 0.5) is 29.6 Å². The number of hydrogen-bond acceptors (Lipinski definition) is 11. The molecule has 4 saturated heterocycles. The van der Waals surface area contributed by atoms with Gasteiger partial charge in [0.05, 0.1) is 17.5 Å². The maximum Gasteiger partial charge on any atom is 0.329 e. The highest BCUT2D eigenvalue weighted by atomic mass is 19.1. The lowest BCUT2D eigenvalue weighted by molar-refractivity contribution is -0.120. The number of aryl methyl sites for hydroxylation is 3. The number of pyridine rings is 1. The number of rotatable bonds is 13. The van der Waals surface area contributed by atoms with Crippen molar-refractivity contribution in [2.45, 2.75) is 90.0 Å². The fourth-order valence-electron chi connectivity index (χ4n) is 12.0. The van der Waals surface area contributed by atoms with E-state index >= 15 is 13.2 Å². The topological polar surface area (TPSA) is 145 Å². The van der Waals surface area contributed by atoms with Gasteiger partial charge in [0, 0.05) is 81.4 Å².